The van der Waals surface area contributed by atoms with E-state index in [1.807, 2.05) is 0 Å². The number of ether oxygens (including phenoxy) is 2. The van der Waals surface area contributed by atoms with E-state index < -0.39 is 27.6 Å². The molecule has 0 N–H and O–H groups in total. The number of methoxy groups -OCH3 is 1. The van der Waals surface area contributed by atoms with Crippen molar-refractivity contribution in [3.63, 3.8) is 0 Å². The second-order valence-electron chi connectivity index (χ2n) is 8.71. The Morgan fingerprint density at radius 1 is 1.00 bits per heavy atom. The summed E-state index contributed by atoms with van der Waals surface area (Å²) in [5, 5.41) is 0.786. The van der Waals surface area contributed by atoms with Gasteiger partial charge in [0.2, 0.25) is 5.60 Å². The molecule has 1 aliphatic heterocycles. The molecule has 9 nitrogen and oxygen atoms in total. The third-order valence-corrected chi connectivity index (χ3v) is 8.21. The highest BCUT2D eigenvalue weighted by Gasteiger charge is 2.60. The van der Waals surface area contributed by atoms with Gasteiger partial charge in [-0.15, -0.1) is 0 Å². The van der Waals surface area contributed by atoms with E-state index in [0.717, 1.165) is 4.90 Å². The highest BCUT2D eigenvalue weighted by molar-refractivity contribution is 7.93. The minimum atomic E-state index is -4.56. The van der Waals surface area contributed by atoms with Crippen LogP contribution in [0.1, 0.15) is 11.1 Å². The predicted octanol–water partition coefficient (Wildman–Crippen LogP) is 4.57. The Morgan fingerprint density at radius 3 is 2.47 bits per heavy atom. The molecule has 11 heteroatoms. The monoisotopic (exact) mass is 551 g/mol. The molecule has 194 valence electrons. The van der Waals surface area contributed by atoms with E-state index in [2.05, 4.69) is 4.98 Å². The lowest BCUT2D eigenvalue weighted by atomic mass is 9.86. The molecule has 0 bridgehead atoms. The topological polar surface area (TPSA) is 106 Å². The smallest absolute Gasteiger partial charge is 0.411 e. The molecule has 0 radical (unpaired) electrons. The molecule has 0 saturated carbocycles. The summed E-state index contributed by atoms with van der Waals surface area (Å²) in [5.41, 5.74) is -1.83. The van der Waals surface area contributed by atoms with E-state index in [-0.39, 0.29) is 38.0 Å². The first-order valence-corrected chi connectivity index (χ1v) is 13.2. The fourth-order valence-electron chi connectivity index (χ4n) is 4.53. The maximum Gasteiger partial charge on any atom is 0.411 e. The quantitative estimate of drug-likeness (QED) is 0.357. The lowest BCUT2D eigenvalue weighted by molar-refractivity contribution is -0.132. The van der Waals surface area contributed by atoms with Gasteiger partial charge in [-0.05, 0) is 36.4 Å². The molecule has 5 rings (SSSR count). The van der Waals surface area contributed by atoms with Gasteiger partial charge in [0, 0.05) is 36.3 Å². The first-order valence-electron chi connectivity index (χ1n) is 11.4. The Kier molecular flexibility index (Phi) is 6.24. The molecular weight excluding hydrogens is 530 g/mol. The van der Waals surface area contributed by atoms with Crippen molar-refractivity contribution in [1.29, 1.82) is 0 Å². The number of amides is 2. The van der Waals surface area contributed by atoms with Crippen molar-refractivity contribution < 1.29 is 27.5 Å². The third-order valence-electron chi connectivity index (χ3n) is 6.25. The Bertz CT molecular complexity index is 1700. The zero-order chi connectivity index (χ0) is 27.2. The summed E-state index contributed by atoms with van der Waals surface area (Å²) in [6.07, 6.45) is 0.597. The van der Waals surface area contributed by atoms with Gasteiger partial charge in [-0.1, -0.05) is 48.0 Å². The van der Waals surface area contributed by atoms with E-state index in [9.17, 15) is 18.0 Å². The molecule has 0 fully saturated rings. The van der Waals surface area contributed by atoms with Gasteiger partial charge in [-0.25, -0.2) is 13.2 Å². The van der Waals surface area contributed by atoms with E-state index in [4.69, 9.17) is 21.1 Å². The Morgan fingerprint density at radius 2 is 1.74 bits per heavy atom. The minimum absolute atomic E-state index is 0.00945. The molecule has 0 spiro atoms. The number of aromatic nitrogens is 1. The van der Waals surface area contributed by atoms with E-state index in [1.54, 1.807) is 48.5 Å². The summed E-state index contributed by atoms with van der Waals surface area (Å²) in [4.78, 5) is 32.7. The summed E-state index contributed by atoms with van der Waals surface area (Å²) in [6, 6.07) is 18.8. The van der Waals surface area contributed by atoms with Crippen LogP contribution in [0.25, 0.3) is 10.9 Å². The van der Waals surface area contributed by atoms with Gasteiger partial charge in [0.15, 0.2) is 0 Å². The summed E-state index contributed by atoms with van der Waals surface area (Å²) in [7, 11) is -0.263. The van der Waals surface area contributed by atoms with Crippen LogP contribution in [0.15, 0.2) is 83.9 Å². The number of hydrogen-bond donors (Lipinski definition) is 0. The van der Waals surface area contributed by atoms with Crippen LogP contribution in [0.5, 0.6) is 5.75 Å². The van der Waals surface area contributed by atoms with Gasteiger partial charge >= 0.3 is 6.09 Å². The predicted molar refractivity (Wildman–Crippen MR) is 142 cm³/mol. The van der Waals surface area contributed by atoms with E-state index in [0.29, 0.717) is 9.69 Å². The Labute approximate surface area is 224 Å². The van der Waals surface area contributed by atoms with Crippen LogP contribution in [-0.4, -0.2) is 51.5 Å². The molecule has 2 heterocycles. The molecule has 1 unspecified atom stereocenters. The van der Waals surface area contributed by atoms with E-state index in [1.165, 1.54) is 51.7 Å². The van der Waals surface area contributed by atoms with Crippen molar-refractivity contribution in [2.45, 2.75) is 10.5 Å². The van der Waals surface area contributed by atoms with Crippen molar-refractivity contribution in [2.75, 3.05) is 25.5 Å². The molecule has 38 heavy (non-hydrogen) atoms. The Balaban J connectivity index is 1.84. The van der Waals surface area contributed by atoms with Crippen LogP contribution >= 0.6 is 11.6 Å². The second kappa shape index (κ2) is 9.30. The molecule has 3 aromatic carbocycles. The van der Waals surface area contributed by atoms with Crippen LogP contribution in [0.2, 0.25) is 5.02 Å². The summed E-state index contributed by atoms with van der Waals surface area (Å²) < 4.78 is 40.6. The molecular formula is C27H22ClN3O6S. The van der Waals surface area contributed by atoms with Gasteiger partial charge in [0.25, 0.3) is 15.9 Å². The van der Waals surface area contributed by atoms with Crippen LogP contribution in [-0.2, 0) is 25.2 Å². The number of carbonyl (C=O) groups excluding carboxylic acids is 2. The molecule has 0 aliphatic carbocycles. The molecule has 4 aromatic rings. The van der Waals surface area contributed by atoms with Crippen LogP contribution in [0, 0.1) is 0 Å². The van der Waals surface area contributed by atoms with Gasteiger partial charge in [0.1, 0.15) is 10.6 Å². The Hall–Kier alpha value is -4.15. The zero-order valence-corrected chi connectivity index (χ0v) is 22.2. The second-order valence-corrected chi connectivity index (χ2v) is 10.9. The van der Waals surface area contributed by atoms with Crippen molar-refractivity contribution in [3.05, 3.63) is 95.1 Å². The van der Waals surface area contributed by atoms with Crippen molar-refractivity contribution >= 4 is 50.2 Å². The van der Waals surface area contributed by atoms with Crippen LogP contribution in [0.3, 0.4) is 0 Å². The number of hydrogen-bond acceptors (Lipinski definition) is 7. The highest BCUT2D eigenvalue weighted by Crippen LogP contribution is 2.52. The number of para-hydroxylation sites is 2. The number of halogens is 1. The number of anilines is 1. The standard InChI is InChI=1S/C27H22ClN3O6S/c1-30(2)26(33)37-27(19-10-4-5-11-22(19)36-3)20-16-18(28)13-14-21(20)31(25(27)32)38(34,35)23-12-6-8-17-9-7-15-29-24(17)23/h4-16H,1-3H3. The molecule has 1 aromatic heterocycles. The fourth-order valence-corrected chi connectivity index (χ4v) is 6.33. The maximum atomic E-state index is 14.5. The minimum Gasteiger partial charge on any atom is -0.496 e. The molecule has 0 saturated heterocycles. The van der Waals surface area contributed by atoms with Gasteiger partial charge in [-0.3, -0.25) is 9.78 Å². The lowest BCUT2D eigenvalue weighted by Gasteiger charge is -2.31. The third kappa shape index (κ3) is 3.75. The first kappa shape index (κ1) is 25.5. The van der Waals surface area contributed by atoms with Crippen LogP contribution < -0.4 is 9.04 Å². The zero-order valence-electron chi connectivity index (χ0n) is 20.6. The van der Waals surface area contributed by atoms with Crippen molar-refractivity contribution in [2.24, 2.45) is 0 Å². The average Bonchev–Trinajstić information content (AvgIpc) is 3.16. The maximum absolute atomic E-state index is 14.5. The number of carbonyl (C=O) groups is 2. The number of fused-ring (bicyclic) bond motifs is 2. The highest BCUT2D eigenvalue weighted by atomic mass is 35.5. The molecule has 2 amide bonds. The van der Waals surface area contributed by atoms with Crippen LogP contribution in [0.4, 0.5) is 10.5 Å². The summed E-state index contributed by atoms with van der Waals surface area (Å²) in [6.45, 7) is 0. The first-order chi connectivity index (χ1) is 18.1. The normalized spacial score (nSPS) is 16.8. The number of pyridine rings is 1. The van der Waals surface area contributed by atoms with Gasteiger partial charge < -0.3 is 14.4 Å². The number of sulfonamides is 1. The SMILES string of the molecule is COc1ccccc1C1(OC(=O)N(C)C)C(=O)N(S(=O)(=O)c2cccc3cccnc23)c2ccc(Cl)cc21. The summed E-state index contributed by atoms with van der Waals surface area (Å²) >= 11 is 6.34. The summed E-state index contributed by atoms with van der Waals surface area (Å²) in [5.74, 6) is -0.813. The lowest BCUT2D eigenvalue weighted by Crippen LogP contribution is -2.48. The van der Waals surface area contributed by atoms with Crippen molar-refractivity contribution in [3.8, 4) is 5.75 Å². The van der Waals surface area contributed by atoms with Crippen molar-refractivity contribution in [1.82, 2.24) is 9.88 Å². The molecule has 1 aliphatic rings. The van der Waals surface area contributed by atoms with Gasteiger partial charge in [-0.2, -0.15) is 4.31 Å². The molecule has 1 atom stereocenters. The fraction of sp³-hybridized carbons (Fsp3) is 0.148. The number of nitrogens with zero attached hydrogens (tertiary/aromatic N) is 3. The average molecular weight is 552 g/mol. The number of rotatable bonds is 5. The van der Waals surface area contributed by atoms with Gasteiger partial charge in [0.05, 0.1) is 23.9 Å². The largest absolute Gasteiger partial charge is 0.496 e. The van der Waals surface area contributed by atoms with E-state index >= 15 is 0 Å². The number of benzene rings is 3.